The highest BCUT2D eigenvalue weighted by Gasteiger charge is 2.01. The zero-order valence-electron chi connectivity index (χ0n) is 5.91. The van der Waals surface area contributed by atoms with Crippen LogP contribution >= 0.6 is 27.3 Å². The van der Waals surface area contributed by atoms with Crippen LogP contribution < -0.4 is 0 Å². The minimum atomic E-state index is 0.452. The molecular formula is C7H4BrN3S. The van der Waals surface area contributed by atoms with Crippen LogP contribution in [-0.2, 0) is 0 Å². The van der Waals surface area contributed by atoms with Crippen LogP contribution in [0.2, 0.25) is 0 Å². The predicted molar refractivity (Wildman–Crippen MR) is 53.0 cm³/mol. The molecule has 1 N–H and O–H groups in total. The second kappa shape index (κ2) is 2.91. The molecule has 2 rings (SSSR count). The van der Waals surface area contributed by atoms with Gasteiger partial charge in [0.15, 0.2) is 5.82 Å². The van der Waals surface area contributed by atoms with E-state index in [2.05, 4.69) is 25.9 Å². The SMILES string of the molecule is N=Cc1ncc2sc(Br)cc2n1. The molecule has 60 valence electrons. The monoisotopic (exact) mass is 241 g/mol. The van der Waals surface area contributed by atoms with Gasteiger partial charge in [-0.2, -0.15) is 0 Å². The fourth-order valence-electron chi connectivity index (χ4n) is 0.892. The number of thiophene rings is 1. The van der Waals surface area contributed by atoms with E-state index in [1.54, 1.807) is 17.5 Å². The van der Waals surface area contributed by atoms with Crippen molar-refractivity contribution in [2.45, 2.75) is 0 Å². The van der Waals surface area contributed by atoms with Crippen molar-refractivity contribution >= 4 is 43.7 Å². The Morgan fingerprint density at radius 3 is 3.17 bits per heavy atom. The lowest BCUT2D eigenvalue weighted by Gasteiger charge is -1.88. The van der Waals surface area contributed by atoms with Gasteiger partial charge in [-0.1, -0.05) is 0 Å². The Labute approximate surface area is 81.1 Å². The van der Waals surface area contributed by atoms with Crippen LogP contribution in [0.5, 0.6) is 0 Å². The lowest BCUT2D eigenvalue weighted by atomic mass is 10.4. The third-order valence-electron chi connectivity index (χ3n) is 1.39. The molecule has 12 heavy (non-hydrogen) atoms. The van der Waals surface area contributed by atoms with E-state index in [4.69, 9.17) is 5.41 Å². The highest BCUT2D eigenvalue weighted by molar-refractivity contribution is 9.11. The molecule has 0 aliphatic carbocycles. The van der Waals surface area contributed by atoms with Crippen LogP contribution in [-0.4, -0.2) is 16.2 Å². The van der Waals surface area contributed by atoms with Crippen LogP contribution in [0, 0.1) is 5.41 Å². The Balaban J connectivity index is 2.74. The molecule has 0 saturated heterocycles. The summed E-state index contributed by atoms with van der Waals surface area (Å²) >= 11 is 4.95. The van der Waals surface area contributed by atoms with Gasteiger partial charge in [0.1, 0.15) is 0 Å². The summed E-state index contributed by atoms with van der Waals surface area (Å²) in [6.07, 6.45) is 2.88. The van der Waals surface area contributed by atoms with Crippen LogP contribution in [0.3, 0.4) is 0 Å². The maximum atomic E-state index is 6.97. The molecule has 0 aliphatic heterocycles. The average Bonchev–Trinajstić information content (AvgIpc) is 2.43. The fourth-order valence-corrected chi connectivity index (χ4v) is 2.33. The Bertz CT molecular complexity index is 437. The second-order valence-electron chi connectivity index (χ2n) is 2.17. The minimum absolute atomic E-state index is 0.452. The molecule has 0 aliphatic rings. The van der Waals surface area contributed by atoms with Gasteiger partial charge in [-0.15, -0.1) is 11.3 Å². The van der Waals surface area contributed by atoms with Crippen molar-refractivity contribution in [1.29, 1.82) is 5.41 Å². The van der Waals surface area contributed by atoms with Gasteiger partial charge in [-0.25, -0.2) is 9.97 Å². The van der Waals surface area contributed by atoms with E-state index in [0.29, 0.717) is 5.82 Å². The number of hydrogen-bond donors (Lipinski definition) is 1. The Morgan fingerprint density at radius 1 is 1.58 bits per heavy atom. The molecule has 2 aromatic rings. The normalized spacial score (nSPS) is 10.4. The van der Waals surface area contributed by atoms with Gasteiger partial charge in [0.25, 0.3) is 0 Å². The van der Waals surface area contributed by atoms with Gasteiger partial charge in [-0.3, -0.25) is 0 Å². The highest BCUT2D eigenvalue weighted by Crippen LogP contribution is 2.27. The zero-order valence-corrected chi connectivity index (χ0v) is 8.32. The van der Waals surface area contributed by atoms with Crippen molar-refractivity contribution in [1.82, 2.24) is 9.97 Å². The molecular weight excluding hydrogens is 238 g/mol. The van der Waals surface area contributed by atoms with Crippen LogP contribution in [0.25, 0.3) is 10.2 Å². The molecule has 0 saturated carbocycles. The zero-order chi connectivity index (χ0) is 8.55. The Morgan fingerprint density at radius 2 is 2.42 bits per heavy atom. The molecule has 2 heterocycles. The van der Waals surface area contributed by atoms with Crippen molar-refractivity contribution in [3.8, 4) is 0 Å². The highest BCUT2D eigenvalue weighted by atomic mass is 79.9. The molecule has 5 heteroatoms. The lowest BCUT2D eigenvalue weighted by molar-refractivity contribution is 1.19. The van der Waals surface area contributed by atoms with Gasteiger partial charge in [0.05, 0.1) is 20.2 Å². The molecule has 0 radical (unpaired) electrons. The topological polar surface area (TPSA) is 49.6 Å². The first-order valence-corrected chi connectivity index (χ1v) is 4.83. The summed E-state index contributed by atoms with van der Waals surface area (Å²) in [4.78, 5) is 8.11. The third kappa shape index (κ3) is 1.25. The van der Waals surface area contributed by atoms with E-state index >= 15 is 0 Å². The van der Waals surface area contributed by atoms with Gasteiger partial charge in [0.2, 0.25) is 0 Å². The van der Waals surface area contributed by atoms with Gasteiger partial charge in [-0.05, 0) is 22.0 Å². The summed E-state index contributed by atoms with van der Waals surface area (Å²) in [7, 11) is 0. The summed E-state index contributed by atoms with van der Waals surface area (Å²) in [5.41, 5.74) is 0.889. The fraction of sp³-hybridized carbons (Fsp3) is 0. The van der Waals surface area contributed by atoms with Crippen molar-refractivity contribution in [3.63, 3.8) is 0 Å². The molecule has 0 unspecified atom stereocenters. The summed E-state index contributed by atoms with van der Waals surface area (Å²) in [5.74, 6) is 0.452. The molecule has 0 spiro atoms. The quantitative estimate of drug-likeness (QED) is 0.781. The summed E-state index contributed by atoms with van der Waals surface area (Å²) < 4.78 is 2.07. The molecule has 0 atom stereocenters. The number of hydrogen-bond acceptors (Lipinski definition) is 4. The molecule has 2 aromatic heterocycles. The van der Waals surface area contributed by atoms with Crippen molar-refractivity contribution < 1.29 is 0 Å². The standard InChI is InChI=1S/C7H4BrN3S/c8-6-1-4-5(12-6)3-10-7(2-9)11-4/h1-3,9H. The number of aromatic nitrogens is 2. The van der Waals surface area contributed by atoms with Crippen LogP contribution in [0.15, 0.2) is 16.0 Å². The average molecular weight is 242 g/mol. The van der Waals surface area contributed by atoms with Crippen LogP contribution in [0.4, 0.5) is 0 Å². The summed E-state index contributed by atoms with van der Waals surface area (Å²) in [6, 6.07) is 1.93. The molecule has 0 aromatic carbocycles. The lowest BCUT2D eigenvalue weighted by Crippen LogP contribution is -1.89. The van der Waals surface area contributed by atoms with Crippen molar-refractivity contribution in [3.05, 3.63) is 21.9 Å². The predicted octanol–water partition coefficient (Wildman–Crippen LogP) is 2.45. The van der Waals surface area contributed by atoms with E-state index in [9.17, 15) is 0 Å². The Hall–Kier alpha value is -0.810. The van der Waals surface area contributed by atoms with Crippen LogP contribution in [0.1, 0.15) is 5.82 Å². The largest absolute Gasteiger partial charge is 0.305 e. The van der Waals surface area contributed by atoms with Gasteiger partial charge < -0.3 is 5.41 Å². The number of fused-ring (bicyclic) bond motifs is 1. The van der Waals surface area contributed by atoms with E-state index in [-0.39, 0.29) is 0 Å². The molecule has 0 bridgehead atoms. The maximum Gasteiger partial charge on any atom is 0.170 e. The Kier molecular flexibility index (Phi) is 1.90. The minimum Gasteiger partial charge on any atom is -0.305 e. The van der Waals surface area contributed by atoms with E-state index in [1.165, 1.54) is 0 Å². The summed E-state index contributed by atoms with van der Waals surface area (Å²) in [5, 5.41) is 6.97. The third-order valence-corrected chi connectivity index (χ3v) is 2.95. The smallest absolute Gasteiger partial charge is 0.170 e. The molecule has 0 amide bonds. The van der Waals surface area contributed by atoms with Crippen molar-refractivity contribution in [2.24, 2.45) is 0 Å². The van der Waals surface area contributed by atoms with E-state index in [0.717, 1.165) is 20.2 Å². The second-order valence-corrected chi connectivity index (χ2v) is 4.64. The number of nitrogens with one attached hydrogen (secondary N) is 1. The first kappa shape index (κ1) is 7.82. The summed E-state index contributed by atoms with van der Waals surface area (Å²) in [6.45, 7) is 0. The number of halogens is 1. The van der Waals surface area contributed by atoms with Gasteiger partial charge >= 0.3 is 0 Å². The maximum absolute atomic E-state index is 6.97. The first-order valence-electron chi connectivity index (χ1n) is 3.22. The number of nitrogens with zero attached hydrogens (tertiary/aromatic N) is 2. The van der Waals surface area contributed by atoms with E-state index in [1.807, 2.05) is 6.07 Å². The van der Waals surface area contributed by atoms with Gasteiger partial charge in [0, 0.05) is 6.20 Å². The van der Waals surface area contributed by atoms with Crippen molar-refractivity contribution in [2.75, 3.05) is 0 Å². The molecule has 0 fully saturated rings. The molecule has 3 nitrogen and oxygen atoms in total. The van der Waals surface area contributed by atoms with E-state index < -0.39 is 0 Å². The first-order chi connectivity index (χ1) is 5.79. The number of rotatable bonds is 1.